The predicted octanol–water partition coefficient (Wildman–Crippen LogP) is 1.94. The molecule has 6 nitrogen and oxygen atoms in total. The van der Waals surface area contributed by atoms with Gasteiger partial charge in [0, 0.05) is 19.5 Å². The van der Waals surface area contributed by atoms with E-state index in [4.69, 9.17) is 14.0 Å². The van der Waals surface area contributed by atoms with E-state index in [1.807, 2.05) is 12.1 Å². The quantitative estimate of drug-likeness (QED) is 0.839. The minimum atomic E-state index is 0.591. The van der Waals surface area contributed by atoms with Crippen molar-refractivity contribution in [2.24, 2.45) is 0 Å². The zero-order valence-electron chi connectivity index (χ0n) is 10.8. The number of hydrogen-bond acceptors (Lipinski definition) is 6. The van der Waals surface area contributed by atoms with Gasteiger partial charge in [0.05, 0.1) is 4.47 Å². The monoisotopic (exact) mass is 339 g/mol. The lowest BCUT2D eigenvalue weighted by molar-refractivity contribution is 0.170. The first kappa shape index (κ1) is 13.4. The molecule has 1 aromatic carbocycles. The summed E-state index contributed by atoms with van der Waals surface area (Å²) >= 11 is 3.51. The molecule has 0 fully saturated rings. The van der Waals surface area contributed by atoms with E-state index in [-0.39, 0.29) is 0 Å². The van der Waals surface area contributed by atoms with Gasteiger partial charge in [0.1, 0.15) is 13.2 Å². The zero-order valence-corrected chi connectivity index (χ0v) is 12.4. The van der Waals surface area contributed by atoms with Crippen molar-refractivity contribution in [2.45, 2.75) is 13.0 Å². The lowest BCUT2D eigenvalue weighted by atomic mass is 10.2. The molecule has 1 aliphatic rings. The largest absolute Gasteiger partial charge is 0.486 e. The van der Waals surface area contributed by atoms with Gasteiger partial charge in [0.15, 0.2) is 17.8 Å². The Hall–Kier alpha value is -1.60. The molecule has 2 heterocycles. The Labute approximate surface area is 124 Å². The molecule has 7 heteroatoms. The molecule has 3 rings (SSSR count). The molecule has 106 valence electrons. The van der Waals surface area contributed by atoms with E-state index in [0.717, 1.165) is 34.6 Å². The summed E-state index contributed by atoms with van der Waals surface area (Å²) in [6.07, 6.45) is 2.12. The van der Waals surface area contributed by atoms with Crippen molar-refractivity contribution in [1.82, 2.24) is 15.5 Å². The van der Waals surface area contributed by atoms with Crippen molar-refractivity contribution in [1.29, 1.82) is 0 Å². The molecule has 1 N–H and O–H groups in total. The Balaban J connectivity index is 1.56. The smallest absolute Gasteiger partial charge is 0.227 e. The van der Waals surface area contributed by atoms with Gasteiger partial charge in [-0.25, -0.2) is 0 Å². The molecule has 0 bridgehead atoms. The Bertz CT molecular complexity index is 574. The maximum atomic E-state index is 5.59. The summed E-state index contributed by atoms with van der Waals surface area (Å²) in [5.74, 6) is 2.21. The number of benzene rings is 1. The van der Waals surface area contributed by atoms with Crippen molar-refractivity contribution in [2.75, 3.05) is 19.8 Å². The zero-order chi connectivity index (χ0) is 13.8. The standard InChI is InChI=1S/C13H14BrN3O3/c14-10-5-9(6-11-13(10)19-4-3-18-11)7-15-2-1-12-16-8-17-20-12/h5-6,8,15H,1-4,7H2. The molecular formula is C13H14BrN3O3. The van der Waals surface area contributed by atoms with Crippen LogP contribution in [0.5, 0.6) is 11.5 Å². The molecule has 1 aromatic heterocycles. The number of fused-ring (bicyclic) bond motifs is 1. The Morgan fingerprint density at radius 3 is 3.00 bits per heavy atom. The van der Waals surface area contributed by atoms with Crippen LogP contribution in [0.2, 0.25) is 0 Å². The summed E-state index contributed by atoms with van der Waals surface area (Å²) in [4.78, 5) is 3.97. The number of nitrogens with zero attached hydrogens (tertiary/aromatic N) is 2. The Morgan fingerprint density at radius 1 is 1.25 bits per heavy atom. The van der Waals surface area contributed by atoms with Gasteiger partial charge < -0.3 is 19.3 Å². The second-order valence-corrected chi connectivity index (χ2v) is 5.22. The SMILES string of the molecule is Brc1cc(CNCCc2ncno2)cc2c1OCCO2. The average molecular weight is 340 g/mol. The fourth-order valence-corrected chi connectivity index (χ4v) is 2.60. The molecule has 0 radical (unpaired) electrons. The minimum Gasteiger partial charge on any atom is -0.486 e. The highest BCUT2D eigenvalue weighted by Gasteiger charge is 2.16. The van der Waals surface area contributed by atoms with Crippen molar-refractivity contribution < 1.29 is 14.0 Å². The first-order chi connectivity index (χ1) is 9.83. The van der Waals surface area contributed by atoms with Crippen LogP contribution in [0.1, 0.15) is 11.5 Å². The molecule has 0 amide bonds. The van der Waals surface area contributed by atoms with E-state index >= 15 is 0 Å². The molecular weight excluding hydrogens is 326 g/mol. The average Bonchev–Trinajstić information content (AvgIpc) is 2.97. The summed E-state index contributed by atoms with van der Waals surface area (Å²) in [6, 6.07) is 4.03. The number of halogens is 1. The van der Waals surface area contributed by atoms with Gasteiger partial charge in [0.2, 0.25) is 5.89 Å². The van der Waals surface area contributed by atoms with Gasteiger partial charge in [-0.05, 0) is 33.6 Å². The van der Waals surface area contributed by atoms with Gasteiger partial charge in [-0.2, -0.15) is 4.98 Å². The van der Waals surface area contributed by atoms with Gasteiger partial charge in [-0.3, -0.25) is 0 Å². The fourth-order valence-electron chi connectivity index (χ4n) is 2.00. The maximum absolute atomic E-state index is 5.59. The number of ether oxygens (including phenoxy) is 2. The van der Waals surface area contributed by atoms with E-state index < -0.39 is 0 Å². The third-order valence-electron chi connectivity index (χ3n) is 2.91. The molecule has 1 aliphatic heterocycles. The van der Waals surface area contributed by atoms with Crippen LogP contribution in [-0.4, -0.2) is 29.9 Å². The maximum Gasteiger partial charge on any atom is 0.227 e. The highest BCUT2D eigenvalue weighted by atomic mass is 79.9. The van der Waals surface area contributed by atoms with Crippen LogP contribution in [0.3, 0.4) is 0 Å². The normalized spacial score (nSPS) is 13.4. The predicted molar refractivity (Wildman–Crippen MR) is 74.8 cm³/mol. The molecule has 0 saturated carbocycles. The van der Waals surface area contributed by atoms with Crippen molar-refractivity contribution in [3.05, 3.63) is 34.4 Å². The van der Waals surface area contributed by atoms with Crippen LogP contribution >= 0.6 is 15.9 Å². The topological polar surface area (TPSA) is 69.4 Å². The Kier molecular flexibility index (Phi) is 4.17. The highest BCUT2D eigenvalue weighted by molar-refractivity contribution is 9.10. The van der Waals surface area contributed by atoms with Crippen LogP contribution in [0, 0.1) is 0 Å². The van der Waals surface area contributed by atoms with Gasteiger partial charge in [-0.1, -0.05) is 5.16 Å². The van der Waals surface area contributed by atoms with Crippen molar-refractivity contribution in [3.63, 3.8) is 0 Å². The Morgan fingerprint density at radius 2 is 2.15 bits per heavy atom. The molecule has 0 atom stereocenters. The molecule has 0 spiro atoms. The van der Waals surface area contributed by atoms with E-state index in [1.54, 1.807) is 0 Å². The summed E-state index contributed by atoms with van der Waals surface area (Å²) in [5, 5.41) is 6.90. The third kappa shape index (κ3) is 3.10. The molecule has 20 heavy (non-hydrogen) atoms. The fraction of sp³-hybridized carbons (Fsp3) is 0.385. The third-order valence-corrected chi connectivity index (χ3v) is 3.50. The number of aromatic nitrogens is 2. The van der Waals surface area contributed by atoms with Crippen LogP contribution in [0.4, 0.5) is 0 Å². The summed E-state index contributed by atoms with van der Waals surface area (Å²) in [5.41, 5.74) is 1.13. The van der Waals surface area contributed by atoms with Crippen LogP contribution in [-0.2, 0) is 13.0 Å². The lowest BCUT2D eigenvalue weighted by Gasteiger charge is -2.20. The number of hydrogen-bond donors (Lipinski definition) is 1. The van der Waals surface area contributed by atoms with E-state index in [9.17, 15) is 0 Å². The van der Waals surface area contributed by atoms with Gasteiger partial charge in [-0.15, -0.1) is 0 Å². The first-order valence-corrected chi connectivity index (χ1v) is 7.16. The van der Waals surface area contributed by atoms with Crippen molar-refractivity contribution >= 4 is 15.9 Å². The summed E-state index contributed by atoms with van der Waals surface area (Å²) < 4.78 is 17.0. The molecule has 0 saturated heterocycles. The van der Waals surface area contributed by atoms with Gasteiger partial charge >= 0.3 is 0 Å². The molecule has 0 unspecified atom stereocenters. The molecule has 0 aliphatic carbocycles. The van der Waals surface area contributed by atoms with Crippen molar-refractivity contribution in [3.8, 4) is 11.5 Å². The number of nitrogens with one attached hydrogen (secondary N) is 1. The highest BCUT2D eigenvalue weighted by Crippen LogP contribution is 2.38. The summed E-state index contributed by atoms with van der Waals surface area (Å²) in [7, 11) is 0. The second-order valence-electron chi connectivity index (χ2n) is 4.36. The van der Waals surface area contributed by atoms with E-state index in [0.29, 0.717) is 25.5 Å². The molecule has 2 aromatic rings. The van der Waals surface area contributed by atoms with Crippen LogP contribution in [0.15, 0.2) is 27.5 Å². The minimum absolute atomic E-state index is 0.591. The van der Waals surface area contributed by atoms with E-state index in [1.165, 1.54) is 6.33 Å². The van der Waals surface area contributed by atoms with Crippen LogP contribution < -0.4 is 14.8 Å². The second kappa shape index (κ2) is 6.23. The van der Waals surface area contributed by atoms with Crippen LogP contribution in [0.25, 0.3) is 0 Å². The van der Waals surface area contributed by atoms with E-state index in [2.05, 4.69) is 31.4 Å². The number of rotatable bonds is 5. The first-order valence-electron chi connectivity index (χ1n) is 6.37. The summed E-state index contributed by atoms with van der Waals surface area (Å²) in [6.45, 7) is 2.69. The van der Waals surface area contributed by atoms with Gasteiger partial charge in [0.25, 0.3) is 0 Å². The lowest BCUT2D eigenvalue weighted by Crippen LogP contribution is -2.18.